The highest BCUT2D eigenvalue weighted by atomic mass is 14.9. The first-order valence-corrected chi connectivity index (χ1v) is 3.17. The monoisotopic (exact) mass is 95.1 g/mol. The maximum Gasteiger partial charge on any atom is 0.104 e. The molecular weight excluding hydrogens is 83.7 g/mol. The van der Waals surface area contributed by atoms with E-state index in [-0.39, 0.29) is 0 Å². The van der Waals surface area contributed by atoms with Crippen LogP contribution in [0.25, 0.3) is 0 Å². The topological polar surface area (TPSA) is 12.0 Å². The van der Waals surface area contributed by atoms with Gasteiger partial charge in [0.2, 0.25) is 0 Å². The highest BCUT2D eigenvalue weighted by molar-refractivity contribution is 6.90. The summed E-state index contributed by atoms with van der Waals surface area (Å²) in [7, 11) is 3.54. The van der Waals surface area contributed by atoms with Crippen LogP contribution < -0.4 is 5.32 Å². The summed E-state index contributed by atoms with van der Waals surface area (Å²) in [5, 5.41) is 3.41. The number of nitrogens with one attached hydrogen (secondary N) is 1. The molecule has 0 aromatic rings. The van der Waals surface area contributed by atoms with Gasteiger partial charge < -0.3 is 5.32 Å². The van der Waals surface area contributed by atoms with Crippen molar-refractivity contribution >= 4 is 14.9 Å². The van der Waals surface area contributed by atoms with Crippen molar-refractivity contribution in [3.05, 3.63) is 0 Å². The van der Waals surface area contributed by atoms with Crippen LogP contribution in [0.4, 0.5) is 0 Å². The van der Waals surface area contributed by atoms with E-state index < -0.39 is 0 Å². The summed E-state index contributed by atoms with van der Waals surface area (Å²) in [4.78, 5) is 0. The fourth-order valence-corrected chi connectivity index (χ4v) is 1.11. The fourth-order valence-electron chi connectivity index (χ4n) is 1.11. The molecule has 1 fully saturated rings. The molecule has 3 heteroatoms. The molecule has 1 aliphatic heterocycles. The SMILES string of the molecule is BBC1CCCN1. The van der Waals surface area contributed by atoms with Gasteiger partial charge in [0.15, 0.2) is 0 Å². The van der Waals surface area contributed by atoms with E-state index in [2.05, 4.69) is 13.1 Å². The zero-order chi connectivity index (χ0) is 5.11. The molecule has 1 unspecified atom stereocenters. The summed E-state index contributed by atoms with van der Waals surface area (Å²) in [5.74, 6) is 0.847. The van der Waals surface area contributed by atoms with Gasteiger partial charge in [0, 0.05) is 0 Å². The van der Waals surface area contributed by atoms with Crippen molar-refractivity contribution in [2.75, 3.05) is 6.54 Å². The van der Waals surface area contributed by atoms with Gasteiger partial charge in [0.05, 0.1) is 7.74 Å². The molecule has 0 saturated carbocycles. The number of rotatable bonds is 1. The minimum Gasteiger partial charge on any atom is -0.322 e. The third-order valence-corrected chi connectivity index (χ3v) is 1.66. The molecule has 0 bridgehead atoms. The average molecular weight is 94.8 g/mol. The van der Waals surface area contributed by atoms with Gasteiger partial charge in [-0.25, -0.2) is 0 Å². The van der Waals surface area contributed by atoms with E-state index >= 15 is 0 Å². The van der Waals surface area contributed by atoms with Gasteiger partial charge in [-0.1, -0.05) is 0 Å². The molecule has 0 amide bonds. The molecule has 1 atom stereocenters. The van der Waals surface area contributed by atoms with Gasteiger partial charge in [-0.3, -0.25) is 0 Å². The van der Waals surface area contributed by atoms with Crippen LogP contribution in [0.15, 0.2) is 0 Å². The van der Waals surface area contributed by atoms with E-state index in [0.29, 0.717) is 0 Å². The van der Waals surface area contributed by atoms with Crippen molar-refractivity contribution in [1.82, 2.24) is 5.32 Å². The first kappa shape index (κ1) is 5.23. The number of hydrogen-bond acceptors (Lipinski definition) is 1. The predicted octanol–water partition coefficient (Wildman–Crippen LogP) is -1.32. The van der Waals surface area contributed by atoms with Crippen molar-refractivity contribution in [3.63, 3.8) is 0 Å². The molecule has 0 radical (unpaired) electrons. The van der Waals surface area contributed by atoms with Crippen molar-refractivity contribution in [1.29, 1.82) is 0 Å². The molecule has 38 valence electrons. The summed E-state index contributed by atoms with van der Waals surface area (Å²) in [5.41, 5.74) is 0. The molecule has 0 aromatic carbocycles. The van der Waals surface area contributed by atoms with E-state index in [0.717, 1.165) is 5.94 Å². The highest BCUT2D eigenvalue weighted by Crippen LogP contribution is 2.00. The van der Waals surface area contributed by atoms with Crippen LogP contribution in [-0.2, 0) is 0 Å². The second-order valence-electron chi connectivity index (χ2n) is 2.20. The lowest BCUT2D eigenvalue weighted by molar-refractivity contribution is 0.792. The quantitative estimate of drug-likeness (QED) is 0.398. The second kappa shape index (κ2) is 2.41. The maximum absolute atomic E-state index is 3.41. The Balaban J connectivity index is 2.14. The van der Waals surface area contributed by atoms with Crippen molar-refractivity contribution in [2.24, 2.45) is 0 Å². The zero-order valence-electron chi connectivity index (χ0n) is 4.91. The largest absolute Gasteiger partial charge is 0.322 e. The smallest absolute Gasteiger partial charge is 0.104 e. The Morgan fingerprint density at radius 2 is 2.57 bits per heavy atom. The van der Waals surface area contributed by atoms with Crippen LogP contribution in [0.1, 0.15) is 12.8 Å². The van der Waals surface area contributed by atoms with E-state index in [4.69, 9.17) is 0 Å². The third-order valence-electron chi connectivity index (χ3n) is 1.66. The molecule has 0 aliphatic carbocycles. The van der Waals surface area contributed by atoms with Gasteiger partial charge in [0.25, 0.3) is 0 Å². The average Bonchev–Trinajstić information content (AvgIpc) is 2.14. The Bertz CT molecular complexity index is 51.7. The molecule has 1 rings (SSSR count). The molecular formula is C4H11B2N. The Kier molecular flexibility index (Phi) is 1.80. The predicted molar refractivity (Wildman–Crippen MR) is 36.7 cm³/mol. The molecule has 1 heterocycles. The standard InChI is InChI=1S/C4H11B2N/c5-6-4-2-1-3-7-4/h4,6-7H,1-3,5H2. The van der Waals surface area contributed by atoms with E-state index in [1.807, 2.05) is 0 Å². The summed E-state index contributed by atoms with van der Waals surface area (Å²) in [6.07, 6.45) is 2.79. The van der Waals surface area contributed by atoms with E-state index in [1.54, 1.807) is 0 Å². The first-order valence-electron chi connectivity index (χ1n) is 3.17. The van der Waals surface area contributed by atoms with Gasteiger partial charge in [-0.15, -0.1) is 0 Å². The molecule has 0 aromatic heterocycles. The van der Waals surface area contributed by atoms with Gasteiger partial charge in [-0.2, -0.15) is 0 Å². The third kappa shape index (κ3) is 1.23. The lowest BCUT2D eigenvalue weighted by Gasteiger charge is -2.01. The zero-order valence-corrected chi connectivity index (χ0v) is 4.91. The second-order valence-corrected chi connectivity index (χ2v) is 2.20. The van der Waals surface area contributed by atoms with E-state index in [1.165, 1.54) is 26.6 Å². The summed E-state index contributed by atoms with van der Waals surface area (Å²) >= 11 is 0. The van der Waals surface area contributed by atoms with Gasteiger partial charge in [-0.05, 0) is 25.3 Å². The van der Waals surface area contributed by atoms with Crippen molar-refractivity contribution < 1.29 is 0 Å². The Hall–Kier alpha value is 0.0899. The van der Waals surface area contributed by atoms with Crippen LogP contribution in [0.5, 0.6) is 0 Å². The normalized spacial score (nSPS) is 30.6. The van der Waals surface area contributed by atoms with Gasteiger partial charge >= 0.3 is 0 Å². The summed E-state index contributed by atoms with van der Waals surface area (Å²) in [6, 6.07) is 0. The summed E-state index contributed by atoms with van der Waals surface area (Å²) < 4.78 is 0. The molecule has 1 saturated heterocycles. The Labute approximate surface area is 46.5 Å². The minimum atomic E-state index is 0.847. The van der Waals surface area contributed by atoms with Crippen LogP contribution in [0.2, 0.25) is 0 Å². The molecule has 1 N–H and O–H groups in total. The molecule has 1 nitrogen and oxygen atoms in total. The van der Waals surface area contributed by atoms with Crippen LogP contribution >= 0.6 is 0 Å². The lowest BCUT2D eigenvalue weighted by atomic mass is 9.50. The molecule has 7 heavy (non-hydrogen) atoms. The highest BCUT2D eigenvalue weighted by Gasteiger charge is 2.10. The minimum absolute atomic E-state index is 0.847. The molecule has 1 aliphatic rings. The van der Waals surface area contributed by atoms with Crippen LogP contribution in [0, 0.1) is 0 Å². The van der Waals surface area contributed by atoms with Crippen molar-refractivity contribution in [2.45, 2.75) is 18.8 Å². The maximum atomic E-state index is 3.41. The first-order chi connectivity index (χ1) is 3.43. The van der Waals surface area contributed by atoms with Crippen molar-refractivity contribution in [3.8, 4) is 0 Å². The fraction of sp³-hybridized carbons (Fsp3) is 1.00. The Morgan fingerprint density at radius 1 is 1.71 bits per heavy atom. The lowest BCUT2D eigenvalue weighted by Crippen LogP contribution is -2.27. The molecule has 0 spiro atoms. The summed E-state index contributed by atoms with van der Waals surface area (Å²) in [6.45, 7) is 1.25. The van der Waals surface area contributed by atoms with Crippen LogP contribution in [-0.4, -0.2) is 27.4 Å². The Morgan fingerprint density at radius 3 is 2.86 bits per heavy atom. The van der Waals surface area contributed by atoms with E-state index in [9.17, 15) is 0 Å². The number of hydrogen-bond donors (Lipinski definition) is 1. The van der Waals surface area contributed by atoms with Crippen LogP contribution in [0.3, 0.4) is 0 Å². The van der Waals surface area contributed by atoms with Gasteiger partial charge in [0.1, 0.15) is 7.17 Å².